The predicted octanol–water partition coefficient (Wildman–Crippen LogP) is 6.77. The fourth-order valence-electron chi connectivity index (χ4n) is 5.46. The van der Waals surface area contributed by atoms with Gasteiger partial charge in [0.25, 0.3) is 10.1 Å². The number of benzene rings is 4. The number of rotatable bonds is 7. The summed E-state index contributed by atoms with van der Waals surface area (Å²) in [5, 5.41) is 9.60. The summed E-state index contributed by atoms with van der Waals surface area (Å²) in [7, 11) is -1.60. The molecule has 0 unspecified atom stereocenters. The Labute approximate surface area is 256 Å². The molecule has 2 aromatic heterocycles. The lowest BCUT2D eigenvalue weighted by atomic mass is 9.98. The first-order chi connectivity index (χ1) is 20.9. The third-order valence-corrected chi connectivity index (χ3v) is 7.41. The second-order valence-corrected chi connectivity index (χ2v) is 12.3. The molecule has 226 valence electrons. The minimum absolute atomic E-state index is 0.307. The quantitative estimate of drug-likeness (QED) is 0.191. The van der Waals surface area contributed by atoms with Gasteiger partial charge in [-0.05, 0) is 65.9 Å². The first kappa shape index (κ1) is 30.7. The fourth-order valence-corrected chi connectivity index (χ4v) is 5.46. The van der Waals surface area contributed by atoms with Crippen molar-refractivity contribution in [3.05, 3.63) is 107 Å². The predicted molar refractivity (Wildman–Crippen MR) is 174 cm³/mol. The van der Waals surface area contributed by atoms with Crippen LogP contribution < -0.4 is 0 Å². The third-order valence-electron chi connectivity index (χ3n) is 7.41. The fraction of sp³-hybridized carbons (Fsp3) is 0.206. The Morgan fingerprint density at radius 3 is 2.20 bits per heavy atom. The highest BCUT2D eigenvalue weighted by Gasteiger charge is 2.17. The Morgan fingerprint density at radius 2 is 1.55 bits per heavy atom. The zero-order valence-electron chi connectivity index (χ0n) is 25.0. The highest BCUT2D eigenvalue weighted by molar-refractivity contribution is 7.85. The molecule has 0 atom stereocenters. The van der Waals surface area contributed by atoms with Gasteiger partial charge in [-0.3, -0.25) is 4.55 Å². The Hall–Kier alpha value is -4.80. The van der Waals surface area contributed by atoms with Crippen LogP contribution in [0.2, 0.25) is 0 Å². The number of hydrogen-bond donors (Lipinski definition) is 2. The maximum Gasteiger partial charge on any atom is 0.336 e. The summed E-state index contributed by atoms with van der Waals surface area (Å²) in [4.78, 5) is 21.7. The summed E-state index contributed by atoms with van der Waals surface area (Å²) in [5.74, 6) is 1.08. The van der Waals surface area contributed by atoms with Crippen molar-refractivity contribution >= 4 is 38.2 Å². The van der Waals surface area contributed by atoms with Crippen LogP contribution in [0.1, 0.15) is 40.7 Å². The van der Waals surface area contributed by atoms with E-state index in [4.69, 9.17) is 14.5 Å². The van der Waals surface area contributed by atoms with Gasteiger partial charge in [0, 0.05) is 25.6 Å². The van der Waals surface area contributed by atoms with Crippen molar-refractivity contribution < 1.29 is 22.9 Å². The summed E-state index contributed by atoms with van der Waals surface area (Å²) in [6.45, 7) is 4.98. The van der Waals surface area contributed by atoms with E-state index in [2.05, 4.69) is 60.4 Å². The van der Waals surface area contributed by atoms with E-state index in [1.807, 2.05) is 42.5 Å². The topological polar surface area (TPSA) is 127 Å². The van der Waals surface area contributed by atoms with Crippen LogP contribution >= 0.6 is 0 Å². The highest BCUT2D eigenvalue weighted by Crippen LogP contribution is 2.31. The number of aryl methyl sites for hydroxylation is 3. The zero-order valence-corrected chi connectivity index (χ0v) is 25.8. The standard InChI is InChI=1S/C33H30N4O2.CH4O3S/c1-4-9-30-35-31-21(2)18-24(32-34-27-12-7-8-13-28(27)36(32)3)19-29(31)37(30)20-22-14-16-23(17-15-22)25-10-5-6-11-26(25)33(38)39;1-5(2,3)4/h5-8,10-19H,4,9,20H2,1-3H3,(H,38,39);1H3,(H,2,3,4). The molecule has 0 fully saturated rings. The van der Waals surface area contributed by atoms with E-state index < -0.39 is 16.1 Å². The Kier molecular flexibility index (Phi) is 8.66. The van der Waals surface area contributed by atoms with Gasteiger partial charge in [-0.2, -0.15) is 8.42 Å². The van der Waals surface area contributed by atoms with Crippen molar-refractivity contribution in [3.63, 3.8) is 0 Å². The van der Waals surface area contributed by atoms with Gasteiger partial charge < -0.3 is 14.2 Å². The first-order valence-electron chi connectivity index (χ1n) is 14.2. The number of imidazole rings is 2. The van der Waals surface area contributed by atoms with Gasteiger partial charge in [-0.25, -0.2) is 14.8 Å². The molecule has 6 aromatic rings. The van der Waals surface area contributed by atoms with Gasteiger partial charge in [-0.15, -0.1) is 0 Å². The molecule has 4 aromatic carbocycles. The van der Waals surface area contributed by atoms with E-state index in [9.17, 15) is 18.3 Å². The molecule has 9 nitrogen and oxygen atoms in total. The maximum atomic E-state index is 11.7. The van der Waals surface area contributed by atoms with E-state index in [1.54, 1.807) is 12.1 Å². The lowest BCUT2D eigenvalue weighted by Crippen LogP contribution is -2.05. The van der Waals surface area contributed by atoms with Crippen molar-refractivity contribution in [2.24, 2.45) is 7.05 Å². The Bertz CT molecular complexity index is 2090. The van der Waals surface area contributed by atoms with E-state index in [-0.39, 0.29) is 0 Å². The molecule has 0 aliphatic rings. The molecule has 0 aliphatic carbocycles. The number of hydrogen-bond acceptors (Lipinski definition) is 5. The molecule has 0 radical (unpaired) electrons. The summed E-state index contributed by atoms with van der Waals surface area (Å²) in [6, 6.07) is 27.9. The van der Waals surface area contributed by atoms with Crippen LogP contribution in [-0.2, 0) is 30.1 Å². The first-order valence-corrected chi connectivity index (χ1v) is 16.0. The minimum Gasteiger partial charge on any atom is -0.478 e. The molecular weight excluding hydrogens is 576 g/mol. The van der Waals surface area contributed by atoms with Crippen LogP contribution in [0.5, 0.6) is 0 Å². The minimum atomic E-state index is -3.67. The van der Waals surface area contributed by atoms with Crippen LogP contribution in [0.25, 0.3) is 44.6 Å². The lowest BCUT2D eigenvalue weighted by molar-refractivity contribution is 0.0697. The van der Waals surface area contributed by atoms with Crippen LogP contribution in [0, 0.1) is 6.92 Å². The normalized spacial score (nSPS) is 11.5. The van der Waals surface area contributed by atoms with Gasteiger partial charge >= 0.3 is 5.97 Å². The van der Waals surface area contributed by atoms with Crippen molar-refractivity contribution in [2.45, 2.75) is 33.2 Å². The van der Waals surface area contributed by atoms with Crippen molar-refractivity contribution in [2.75, 3.05) is 6.26 Å². The molecule has 2 heterocycles. The summed E-state index contributed by atoms with van der Waals surface area (Å²) in [6.07, 6.45) is 2.61. The van der Waals surface area contributed by atoms with Crippen LogP contribution in [0.4, 0.5) is 0 Å². The molecule has 6 rings (SSSR count). The summed E-state index contributed by atoms with van der Waals surface area (Å²) >= 11 is 0. The number of nitrogens with zero attached hydrogens (tertiary/aromatic N) is 4. The van der Waals surface area contributed by atoms with E-state index >= 15 is 0 Å². The van der Waals surface area contributed by atoms with E-state index in [0.717, 1.165) is 74.4 Å². The second-order valence-electron chi connectivity index (χ2n) is 10.8. The maximum absolute atomic E-state index is 11.7. The highest BCUT2D eigenvalue weighted by atomic mass is 32.2. The molecular formula is C34H34N4O5S. The molecule has 2 N–H and O–H groups in total. The number of carboxylic acids is 1. The average Bonchev–Trinajstić information content (AvgIpc) is 3.50. The molecule has 0 aliphatic heterocycles. The van der Waals surface area contributed by atoms with Crippen molar-refractivity contribution in [1.29, 1.82) is 0 Å². The van der Waals surface area contributed by atoms with Crippen LogP contribution in [0.3, 0.4) is 0 Å². The molecule has 0 saturated heterocycles. The largest absolute Gasteiger partial charge is 0.478 e. The number of aromatic carboxylic acids is 1. The number of para-hydroxylation sites is 2. The van der Waals surface area contributed by atoms with Gasteiger partial charge in [0.05, 0.1) is 33.9 Å². The molecule has 0 amide bonds. The number of carboxylic acid groups (broad SMARTS) is 1. The second kappa shape index (κ2) is 12.4. The molecule has 0 spiro atoms. The van der Waals surface area contributed by atoms with Gasteiger partial charge in [-0.1, -0.05) is 61.5 Å². The zero-order chi connectivity index (χ0) is 31.6. The molecule has 10 heteroatoms. The molecule has 0 saturated carbocycles. The number of aromatic nitrogens is 4. The van der Waals surface area contributed by atoms with Crippen molar-refractivity contribution in [3.8, 4) is 22.5 Å². The smallest absolute Gasteiger partial charge is 0.336 e. The van der Waals surface area contributed by atoms with Gasteiger partial charge in [0.2, 0.25) is 0 Å². The Morgan fingerprint density at radius 1 is 0.886 bits per heavy atom. The van der Waals surface area contributed by atoms with Gasteiger partial charge in [0.1, 0.15) is 11.6 Å². The molecule has 0 bridgehead atoms. The summed E-state index contributed by atoms with van der Waals surface area (Å²) < 4.78 is 30.3. The lowest BCUT2D eigenvalue weighted by Gasteiger charge is -2.12. The number of fused-ring (bicyclic) bond motifs is 2. The van der Waals surface area contributed by atoms with Crippen LogP contribution in [0.15, 0.2) is 84.9 Å². The SMILES string of the molecule is CCCc1nc2c(C)cc(-c3nc4ccccc4n3C)cc2n1Cc1ccc(-c2ccccc2C(=O)O)cc1.CS(=O)(=O)O. The van der Waals surface area contributed by atoms with E-state index in [0.29, 0.717) is 18.4 Å². The van der Waals surface area contributed by atoms with E-state index in [1.165, 1.54) is 0 Å². The van der Waals surface area contributed by atoms with Crippen molar-refractivity contribution in [1.82, 2.24) is 19.1 Å². The summed E-state index contributed by atoms with van der Waals surface area (Å²) in [5.41, 5.74) is 9.46. The Balaban J connectivity index is 0.000000712. The molecule has 44 heavy (non-hydrogen) atoms. The van der Waals surface area contributed by atoms with Crippen LogP contribution in [-0.4, -0.2) is 49.4 Å². The third kappa shape index (κ3) is 6.56. The number of carbonyl (C=O) groups is 1. The van der Waals surface area contributed by atoms with Gasteiger partial charge in [0.15, 0.2) is 0 Å². The average molecular weight is 611 g/mol. The monoisotopic (exact) mass is 610 g/mol.